The highest BCUT2D eigenvalue weighted by molar-refractivity contribution is 6.08. The van der Waals surface area contributed by atoms with Gasteiger partial charge in [0.25, 0.3) is 11.8 Å². The maximum Gasteiger partial charge on any atom is 0.263 e. The third kappa shape index (κ3) is 4.08. The smallest absolute Gasteiger partial charge is 0.263 e. The van der Waals surface area contributed by atoms with Crippen molar-refractivity contribution in [3.8, 4) is 11.6 Å². The standard InChI is InChI=1S/C24H27N5O3/c1-4-17(5-2)27-23(30)21-15-28(19-10-6-7-11-20(19)32-21)24(31)18-14-26-29(16(18)3)22-12-8-9-13-25-22/h6-14,17,21H,4-5,15H2,1-3H3,(H,27,30). The van der Waals surface area contributed by atoms with Gasteiger partial charge in [-0.15, -0.1) is 0 Å². The van der Waals surface area contributed by atoms with Crippen LogP contribution in [0.3, 0.4) is 0 Å². The third-order valence-electron chi connectivity index (χ3n) is 5.75. The lowest BCUT2D eigenvalue weighted by Crippen LogP contribution is -2.52. The lowest BCUT2D eigenvalue weighted by atomic mass is 10.1. The van der Waals surface area contributed by atoms with E-state index in [2.05, 4.69) is 15.4 Å². The number of aromatic nitrogens is 3. The Hall–Kier alpha value is -3.68. The number of anilines is 1. The molecule has 1 atom stereocenters. The van der Waals surface area contributed by atoms with E-state index in [1.807, 2.05) is 57.2 Å². The van der Waals surface area contributed by atoms with Gasteiger partial charge in [0.05, 0.1) is 29.7 Å². The number of carbonyl (C=O) groups is 2. The normalized spacial score (nSPS) is 15.2. The van der Waals surface area contributed by atoms with Gasteiger partial charge >= 0.3 is 0 Å². The van der Waals surface area contributed by atoms with Crippen molar-refractivity contribution in [3.63, 3.8) is 0 Å². The Morgan fingerprint density at radius 3 is 2.62 bits per heavy atom. The second kappa shape index (κ2) is 9.21. The minimum atomic E-state index is -0.791. The van der Waals surface area contributed by atoms with Gasteiger partial charge in [-0.05, 0) is 44.0 Å². The summed E-state index contributed by atoms with van der Waals surface area (Å²) in [5.74, 6) is 0.688. The van der Waals surface area contributed by atoms with E-state index in [9.17, 15) is 9.59 Å². The number of ether oxygens (including phenoxy) is 1. The first-order valence-corrected chi connectivity index (χ1v) is 10.9. The maximum atomic E-state index is 13.6. The monoisotopic (exact) mass is 433 g/mol. The van der Waals surface area contributed by atoms with Crippen molar-refractivity contribution in [2.45, 2.75) is 45.8 Å². The molecule has 0 fully saturated rings. The van der Waals surface area contributed by atoms with Crippen molar-refractivity contribution in [3.05, 3.63) is 66.1 Å². The molecule has 0 radical (unpaired) electrons. The van der Waals surface area contributed by atoms with Crippen LogP contribution in [0.15, 0.2) is 54.9 Å². The van der Waals surface area contributed by atoms with Crippen LogP contribution < -0.4 is 15.0 Å². The van der Waals surface area contributed by atoms with Crippen molar-refractivity contribution in [1.82, 2.24) is 20.1 Å². The number of amides is 2. The summed E-state index contributed by atoms with van der Waals surface area (Å²) in [5, 5.41) is 7.40. The van der Waals surface area contributed by atoms with Crippen molar-refractivity contribution < 1.29 is 14.3 Å². The van der Waals surface area contributed by atoms with Crippen LogP contribution in [0.5, 0.6) is 5.75 Å². The molecule has 2 aromatic heterocycles. The molecule has 0 spiro atoms. The van der Waals surface area contributed by atoms with Crippen LogP contribution in [-0.2, 0) is 4.79 Å². The number of nitrogens with zero attached hydrogens (tertiary/aromatic N) is 4. The Labute approximate surface area is 187 Å². The number of pyridine rings is 1. The topological polar surface area (TPSA) is 89.4 Å². The molecule has 8 nitrogen and oxygen atoms in total. The number of hydrogen-bond acceptors (Lipinski definition) is 5. The Morgan fingerprint density at radius 1 is 1.16 bits per heavy atom. The Kier molecular flexibility index (Phi) is 6.20. The van der Waals surface area contributed by atoms with Crippen LogP contribution >= 0.6 is 0 Å². The van der Waals surface area contributed by atoms with Gasteiger partial charge in [-0.1, -0.05) is 32.0 Å². The Morgan fingerprint density at radius 2 is 1.91 bits per heavy atom. The predicted molar refractivity (Wildman–Crippen MR) is 121 cm³/mol. The largest absolute Gasteiger partial charge is 0.477 e. The molecule has 8 heteroatoms. The van der Waals surface area contributed by atoms with Gasteiger partial charge in [-0.25, -0.2) is 9.67 Å². The van der Waals surface area contributed by atoms with Crippen LogP contribution in [0.1, 0.15) is 42.7 Å². The lowest BCUT2D eigenvalue weighted by Gasteiger charge is -2.34. The Balaban J connectivity index is 1.64. The summed E-state index contributed by atoms with van der Waals surface area (Å²) in [6, 6.07) is 12.9. The molecule has 1 N–H and O–H groups in total. The van der Waals surface area contributed by atoms with Crippen LogP contribution in [0.2, 0.25) is 0 Å². The number of hydrogen-bond donors (Lipinski definition) is 1. The first kappa shape index (κ1) is 21.5. The van der Waals surface area contributed by atoms with Crippen LogP contribution in [0, 0.1) is 6.92 Å². The molecule has 3 heterocycles. The molecular formula is C24H27N5O3. The number of nitrogens with one attached hydrogen (secondary N) is 1. The summed E-state index contributed by atoms with van der Waals surface area (Å²) < 4.78 is 7.60. The summed E-state index contributed by atoms with van der Waals surface area (Å²) in [6.07, 6.45) is 4.10. The zero-order chi connectivity index (χ0) is 22.7. The number of fused-ring (bicyclic) bond motifs is 1. The summed E-state index contributed by atoms with van der Waals surface area (Å²) in [4.78, 5) is 32.4. The minimum Gasteiger partial charge on any atom is -0.477 e. The van der Waals surface area contributed by atoms with E-state index < -0.39 is 6.10 Å². The fraction of sp³-hybridized carbons (Fsp3) is 0.333. The molecule has 1 aromatic carbocycles. The van der Waals surface area contributed by atoms with E-state index in [0.29, 0.717) is 28.5 Å². The highest BCUT2D eigenvalue weighted by Gasteiger charge is 2.35. The van der Waals surface area contributed by atoms with Gasteiger partial charge in [-0.2, -0.15) is 5.10 Å². The number of benzene rings is 1. The van der Waals surface area contributed by atoms with Crippen LogP contribution in [-0.4, -0.2) is 45.3 Å². The summed E-state index contributed by atoms with van der Waals surface area (Å²) in [6.45, 7) is 6.02. The van der Waals surface area contributed by atoms with E-state index in [4.69, 9.17) is 4.74 Å². The van der Waals surface area contributed by atoms with Gasteiger partial charge in [-0.3, -0.25) is 9.59 Å². The molecule has 1 aliphatic heterocycles. The SMILES string of the molecule is CCC(CC)NC(=O)C1CN(C(=O)c2cnn(-c3ccccn3)c2C)c2ccccc2O1. The second-order valence-electron chi connectivity index (χ2n) is 7.76. The zero-order valence-electron chi connectivity index (χ0n) is 18.5. The predicted octanol–water partition coefficient (Wildman–Crippen LogP) is 3.29. The number of para-hydroxylation sites is 2. The van der Waals surface area contributed by atoms with Crippen molar-refractivity contribution >= 4 is 17.5 Å². The number of carbonyl (C=O) groups excluding carboxylic acids is 2. The van der Waals surface area contributed by atoms with Crippen molar-refractivity contribution in [2.24, 2.45) is 0 Å². The fourth-order valence-corrected chi connectivity index (χ4v) is 3.83. The summed E-state index contributed by atoms with van der Waals surface area (Å²) >= 11 is 0. The molecule has 0 saturated heterocycles. The quantitative estimate of drug-likeness (QED) is 0.644. The van der Waals surface area contributed by atoms with E-state index in [1.54, 1.807) is 28.0 Å². The molecule has 4 rings (SSSR count). The van der Waals surface area contributed by atoms with E-state index in [0.717, 1.165) is 12.8 Å². The maximum absolute atomic E-state index is 13.6. The van der Waals surface area contributed by atoms with E-state index >= 15 is 0 Å². The molecule has 166 valence electrons. The van der Waals surface area contributed by atoms with Gasteiger partial charge in [0.15, 0.2) is 11.9 Å². The molecule has 3 aromatic rings. The van der Waals surface area contributed by atoms with Gasteiger partial charge in [0, 0.05) is 12.2 Å². The average Bonchev–Trinajstić information content (AvgIpc) is 3.22. The van der Waals surface area contributed by atoms with Crippen LogP contribution in [0.25, 0.3) is 5.82 Å². The van der Waals surface area contributed by atoms with Gasteiger partial charge in [0.2, 0.25) is 0 Å². The van der Waals surface area contributed by atoms with Crippen LogP contribution in [0.4, 0.5) is 5.69 Å². The molecule has 0 bridgehead atoms. The van der Waals surface area contributed by atoms with E-state index in [-0.39, 0.29) is 24.4 Å². The summed E-state index contributed by atoms with van der Waals surface area (Å²) in [5.41, 5.74) is 1.76. The van der Waals surface area contributed by atoms with E-state index in [1.165, 1.54) is 0 Å². The molecule has 2 amide bonds. The zero-order valence-corrected chi connectivity index (χ0v) is 18.5. The third-order valence-corrected chi connectivity index (χ3v) is 5.75. The number of rotatable bonds is 6. The first-order chi connectivity index (χ1) is 15.5. The highest BCUT2D eigenvalue weighted by atomic mass is 16.5. The molecule has 32 heavy (non-hydrogen) atoms. The summed E-state index contributed by atoms with van der Waals surface area (Å²) in [7, 11) is 0. The second-order valence-corrected chi connectivity index (χ2v) is 7.76. The lowest BCUT2D eigenvalue weighted by molar-refractivity contribution is -0.128. The molecule has 0 saturated carbocycles. The Bertz CT molecular complexity index is 1110. The molecular weight excluding hydrogens is 406 g/mol. The molecule has 0 aliphatic carbocycles. The first-order valence-electron chi connectivity index (χ1n) is 10.9. The van der Waals surface area contributed by atoms with Crippen molar-refractivity contribution in [1.29, 1.82) is 0 Å². The fourth-order valence-electron chi connectivity index (χ4n) is 3.83. The average molecular weight is 434 g/mol. The van der Waals surface area contributed by atoms with Gasteiger partial charge < -0.3 is 15.0 Å². The molecule has 1 unspecified atom stereocenters. The van der Waals surface area contributed by atoms with Crippen molar-refractivity contribution in [2.75, 3.05) is 11.4 Å². The van der Waals surface area contributed by atoms with Gasteiger partial charge in [0.1, 0.15) is 5.75 Å². The minimum absolute atomic E-state index is 0.0753. The molecule has 1 aliphatic rings. The highest BCUT2D eigenvalue weighted by Crippen LogP contribution is 2.34.